The van der Waals surface area contributed by atoms with Crippen molar-refractivity contribution in [1.29, 1.82) is 0 Å². The van der Waals surface area contributed by atoms with Crippen LogP contribution >= 0.6 is 11.3 Å². The summed E-state index contributed by atoms with van der Waals surface area (Å²) in [7, 11) is 1.97. The first-order valence-corrected chi connectivity index (χ1v) is 7.28. The Morgan fingerprint density at radius 3 is 2.95 bits per heavy atom. The SMILES string of the molecule is CNCc1csc(Cc2ccc3ccccc3n2)c1. The number of aromatic nitrogens is 1. The van der Waals surface area contributed by atoms with Crippen LogP contribution in [0.4, 0.5) is 0 Å². The average molecular weight is 268 g/mol. The smallest absolute Gasteiger partial charge is 0.0705 e. The van der Waals surface area contributed by atoms with Crippen LogP contribution in [0.5, 0.6) is 0 Å². The van der Waals surface area contributed by atoms with Gasteiger partial charge in [0, 0.05) is 28.9 Å². The molecule has 0 unspecified atom stereocenters. The minimum absolute atomic E-state index is 0.916. The molecule has 3 aromatic rings. The molecule has 0 aliphatic rings. The molecule has 0 aliphatic carbocycles. The molecule has 3 rings (SSSR count). The van der Waals surface area contributed by atoms with E-state index in [9.17, 15) is 0 Å². The Bertz CT molecular complexity index is 688. The minimum atomic E-state index is 0.916. The van der Waals surface area contributed by atoms with Crippen molar-refractivity contribution in [2.45, 2.75) is 13.0 Å². The highest BCUT2D eigenvalue weighted by atomic mass is 32.1. The van der Waals surface area contributed by atoms with E-state index >= 15 is 0 Å². The summed E-state index contributed by atoms with van der Waals surface area (Å²) < 4.78 is 0. The first kappa shape index (κ1) is 12.3. The number of hydrogen-bond donors (Lipinski definition) is 1. The van der Waals surface area contributed by atoms with E-state index in [1.807, 2.05) is 30.5 Å². The molecule has 0 fully saturated rings. The van der Waals surface area contributed by atoms with Gasteiger partial charge in [-0.3, -0.25) is 4.98 Å². The third-order valence-corrected chi connectivity index (χ3v) is 4.09. The standard InChI is InChI=1S/C16H16N2S/c1-17-10-12-8-15(19-11-12)9-14-7-6-13-4-2-3-5-16(13)18-14/h2-8,11,17H,9-10H2,1H3. The Morgan fingerprint density at radius 1 is 1.16 bits per heavy atom. The maximum Gasteiger partial charge on any atom is 0.0705 e. The summed E-state index contributed by atoms with van der Waals surface area (Å²) in [5, 5.41) is 6.59. The lowest BCUT2D eigenvalue weighted by atomic mass is 10.1. The van der Waals surface area contributed by atoms with Gasteiger partial charge in [0.15, 0.2) is 0 Å². The molecule has 0 bridgehead atoms. The molecule has 2 nitrogen and oxygen atoms in total. The van der Waals surface area contributed by atoms with Crippen molar-refractivity contribution in [3.63, 3.8) is 0 Å². The fourth-order valence-electron chi connectivity index (χ4n) is 2.20. The lowest BCUT2D eigenvalue weighted by Gasteiger charge is -2.01. The Balaban J connectivity index is 1.83. The van der Waals surface area contributed by atoms with E-state index in [0.29, 0.717) is 0 Å². The second-order valence-corrected chi connectivity index (χ2v) is 5.62. The summed E-state index contributed by atoms with van der Waals surface area (Å²) in [6.45, 7) is 0.932. The predicted octanol–water partition coefficient (Wildman–Crippen LogP) is 3.61. The van der Waals surface area contributed by atoms with Crippen LogP contribution in [0.1, 0.15) is 16.1 Å². The molecule has 2 heterocycles. The molecule has 0 amide bonds. The van der Waals surface area contributed by atoms with Crippen molar-refractivity contribution in [2.24, 2.45) is 0 Å². The molecule has 1 aromatic carbocycles. The molecule has 0 radical (unpaired) electrons. The summed E-state index contributed by atoms with van der Waals surface area (Å²) in [5.74, 6) is 0. The van der Waals surface area contributed by atoms with Crippen LogP contribution < -0.4 is 5.32 Å². The fraction of sp³-hybridized carbons (Fsp3) is 0.188. The second-order valence-electron chi connectivity index (χ2n) is 4.62. The van der Waals surface area contributed by atoms with Gasteiger partial charge in [0.25, 0.3) is 0 Å². The van der Waals surface area contributed by atoms with E-state index in [2.05, 4.69) is 41.0 Å². The van der Waals surface area contributed by atoms with E-state index < -0.39 is 0 Å². The third-order valence-electron chi connectivity index (χ3n) is 3.10. The van der Waals surface area contributed by atoms with Crippen molar-refractivity contribution >= 4 is 22.2 Å². The van der Waals surface area contributed by atoms with Gasteiger partial charge in [-0.1, -0.05) is 24.3 Å². The molecule has 1 N–H and O–H groups in total. The van der Waals surface area contributed by atoms with Gasteiger partial charge in [-0.15, -0.1) is 11.3 Å². The Labute approximate surface area is 117 Å². The zero-order valence-corrected chi connectivity index (χ0v) is 11.7. The van der Waals surface area contributed by atoms with Gasteiger partial charge < -0.3 is 5.32 Å². The third kappa shape index (κ3) is 2.83. The van der Waals surface area contributed by atoms with E-state index in [-0.39, 0.29) is 0 Å². The number of hydrogen-bond acceptors (Lipinski definition) is 3. The van der Waals surface area contributed by atoms with Crippen molar-refractivity contribution in [2.75, 3.05) is 7.05 Å². The average Bonchev–Trinajstić information content (AvgIpc) is 2.86. The zero-order chi connectivity index (χ0) is 13.1. The van der Waals surface area contributed by atoms with Crippen LogP contribution in [-0.2, 0) is 13.0 Å². The van der Waals surface area contributed by atoms with Gasteiger partial charge in [-0.25, -0.2) is 0 Å². The van der Waals surface area contributed by atoms with Crippen molar-refractivity contribution in [1.82, 2.24) is 10.3 Å². The van der Waals surface area contributed by atoms with E-state index in [4.69, 9.17) is 4.98 Å². The molecule has 96 valence electrons. The van der Waals surface area contributed by atoms with E-state index in [1.54, 1.807) is 0 Å². The monoisotopic (exact) mass is 268 g/mol. The van der Waals surface area contributed by atoms with Crippen LogP contribution in [-0.4, -0.2) is 12.0 Å². The molecular formula is C16H16N2S. The molecule has 3 heteroatoms. The topological polar surface area (TPSA) is 24.9 Å². The number of para-hydroxylation sites is 1. The Kier molecular flexibility index (Phi) is 3.58. The van der Waals surface area contributed by atoms with Crippen molar-refractivity contribution in [3.8, 4) is 0 Å². The number of nitrogens with zero attached hydrogens (tertiary/aromatic N) is 1. The highest BCUT2D eigenvalue weighted by Crippen LogP contribution is 2.19. The quantitative estimate of drug-likeness (QED) is 0.782. The molecular weight excluding hydrogens is 252 g/mol. The van der Waals surface area contributed by atoms with Gasteiger partial charge in [0.1, 0.15) is 0 Å². The van der Waals surface area contributed by atoms with Gasteiger partial charge in [-0.05, 0) is 36.2 Å². The number of rotatable bonds is 4. The molecule has 0 spiro atoms. The summed E-state index contributed by atoms with van der Waals surface area (Å²) in [6, 6.07) is 14.8. The number of nitrogens with one attached hydrogen (secondary N) is 1. The van der Waals surface area contributed by atoms with Crippen LogP contribution in [0.2, 0.25) is 0 Å². The summed E-state index contributed by atoms with van der Waals surface area (Å²) >= 11 is 1.81. The molecule has 19 heavy (non-hydrogen) atoms. The number of pyridine rings is 1. The summed E-state index contributed by atoms with van der Waals surface area (Å²) in [5.41, 5.74) is 3.56. The largest absolute Gasteiger partial charge is 0.316 e. The lowest BCUT2D eigenvalue weighted by molar-refractivity contribution is 0.820. The van der Waals surface area contributed by atoms with Gasteiger partial charge in [0.2, 0.25) is 0 Å². The highest BCUT2D eigenvalue weighted by Gasteiger charge is 2.03. The molecule has 2 aromatic heterocycles. The van der Waals surface area contributed by atoms with Gasteiger partial charge in [0.05, 0.1) is 5.52 Å². The molecule has 0 saturated heterocycles. The maximum atomic E-state index is 4.72. The molecule has 0 atom stereocenters. The van der Waals surface area contributed by atoms with E-state index in [0.717, 1.165) is 24.2 Å². The number of benzene rings is 1. The Morgan fingerprint density at radius 2 is 2.05 bits per heavy atom. The minimum Gasteiger partial charge on any atom is -0.316 e. The lowest BCUT2D eigenvalue weighted by Crippen LogP contribution is -2.03. The predicted molar refractivity (Wildman–Crippen MR) is 81.6 cm³/mol. The van der Waals surface area contributed by atoms with Gasteiger partial charge in [-0.2, -0.15) is 0 Å². The number of fused-ring (bicyclic) bond motifs is 1. The van der Waals surface area contributed by atoms with Crippen LogP contribution in [0, 0.1) is 0 Å². The van der Waals surface area contributed by atoms with Crippen LogP contribution in [0.3, 0.4) is 0 Å². The highest BCUT2D eigenvalue weighted by molar-refractivity contribution is 7.10. The van der Waals surface area contributed by atoms with Crippen molar-refractivity contribution < 1.29 is 0 Å². The van der Waals surface area contributed by atoms with E-state index in [1.165, 1.54) is 15.8 Å². The number of thiophene rings is 1. The Hall–Kier alpha value is -1.71. The fourth-order valence-corrected chi connectivity index (χ4v) is 3.11. The first-order chi connectivity index (χ1) is 9.35. The second kappa shape index (κ2) is 5.51. The first-order valence-electron chi connectivity index (χ1n) is 6.41. The van der Waals surface area contributed by atoms with Crippen LogP contribution in [0.25, 0.3) is 10.9 Å². The molecule has 0 saturated carbocycles. The molecule has 0 aliphatic heterocycles. The summed E-state index contributed by atoms with van der Waals surface area (Å²) in [6.07, 6.45) is 0.916. The van der Waals surface area contributed by atoms with Crippen LogP contribution in [0.15, 0.2) is 47.8 Å². The normalized spacial score (nSPS) is 11.0. The van der Waals surface area contributed by atoms with Crippen molar-refractivity contribution in [3.05, 3.63) is 64.0 Å². The zero-order valence-electron chi connectivity index (χ0n) is 10.9. The summed E-state index contributed by atoms with van der Waals surface area (Å²) in [4.78, 5) is 6.09. The van der Waals surface area contributed by atoms with Gasteiger partial charge >= 0.3 is 0 Å². The maximum absolute atomic E-state index is 4.72.